The molecule has 2 rings (SSSR count). The maximum atomic E-state index is 11.6. The first-order chi connectivity index (χ1) is 8.43. The zero-order chi connectivity index (χ0) is 13.3. The molecule has 5 nitrogen and oxygen atoms in total. The van der Waals surface area contributed by atoms with Gasteiger partial charge in [0.05, 0.1) is 6.54 Å². The summed E-state index contributed by atoms with van der Waals surface area (Å²) in [6, 6.07) is 6.93. The van der Waals surface area contributed by atoms with Crippen molar-refractivity contribution >= 4 is 23.7 Å². The van der Waals surface area contributed by atoms with Crippen LogP contribution in [0.4, 0.5) is 4.79 Å². The lowest BCUT2D eigenvalue weighted by Gasteiger charge is -2.27. The van der Waals surface area contributed by atoms with Crippen molar-refractivity contribution < 1.29 is 19.4 Å². The predicted octanol–water partition coefficient (Wildman–Crippen LogP) is 2.14. The lowest BCUT2D eigenvalue weighted by molar-refractivity contribution is -0.147. The molecule has 0 saturated carbocycles. The van der Waals surface area contributed by atoms with Crippen molar-refractivity contribution in [2.24, 2.45) is 0 Å². The number of carbonyl (C=O) groups is 2. The number of benzene rings is 1. The van der Waals surface area contributed by atoms with E-state index in [2.05, 4.69) is 0 Å². The van der Waals surface area contributed by atoms with Crippen LogP contribution in [-0.2, 0) is 16.1 Å². The Morgan fingerprint density at radius 3 is 2.94 bits per heavy atom. The third-order valence-corrected chi connectivity index (χ3v) is 3.22. The molecule has 0 radical (unpaired) electrons. The number of rotatable bonds is 3. The normalized spacial score (nSPS) is 23.0. The number of nitrogens with zero attached hydrogens (tertiary/aromatic N) is 1. The molecule has 0 spiro atoms. The SMILES string of the molecule is CC1(C(=O)O)COC(=O)N1Cc1cccc(Cl)c1. The lowest BCUT2D eigenvalue weighted by atomic mass is 10.0. The highest BCUT2D eigenvalue weighted by atomic mass is 35.5. The van der Waals surface area contributed by atoms with Gasteiger partial charge in [-0.15, -0.1) is 0 Å². The number of hydrogen-bond acceptors (Lipinski definition) is 3. The summed E-state index contributed by atoms with van der Waals surface area (Å²) in [6.45, 7) is 1.47. The first-order valence-electron chi connectivity index (χ1n) is 5.36. The number of carboxylic acid groups (broad SMARTS) is 1. The number of hydrogen-bond donors (Lipinski definition) is 1. The summed E-state index contributed by atoms with van der Waals surface area (Å²) in [6.07, 6.45) is -0.625. The molecular weight excluding hydrogens is 258 g/mol. The summed E-state index contributed by atoms with van der Waals surface area (Å²) in [5.41, 5.74) is -0.576. The topological polar surface area (TPSA) is 66.8 Å². The Balaban J connectivity index is 2.26. The smallest absolute Gasteiger partial charge is 0.411 e. The van der Waals surface area contributed by atoms with Crippen LogP contribution in [0.2, 0.25) is 5.02 Å². The van der Waals surface area contributed by atoms with E-state index in [9.17, 15) is 14.7 Å². The van der Waals surface area contributed by atoms with Crippen LogP contribution < -0.4 is 0 Å². The van der Waals surface area contributed by atoms with Gasteiger partial charge in [-0.1, -0.05) is 23.7 Å². The molecule has 1 fully saturated rings. The Kier molecular flexibility index (Phi) is 3.17. The van der Waals surface area contributed by atoms with E-state index >= 15 is 0 Å². The van der Waals surface area contributed by atoms with Gasteiger partial charge in [-0.3, -0.25) is 4.90 Å². The number of amides is 1. The molecule has 1 aliphatic heterocycles. The fourth-order valence-corrected chi connectivity index (χ4v) is 2.01. The van der Waals surface area contributed by atoms with Crippen molar-refractivity contribution in [3.63, 3.8) is 0 Å². The zero-order valence-electron chi connectivity index (χ0n) is 9.72. The molecule has 1 aromatic rings. The number of carbonyl (C=O) groups excluding carboxylic acids is 1. The number of halogens is 1. The zero-order valence-corrected chi connectivity index (χ0v) is 10.5. The fourth-order valence-electron chi connectivity index (χ4n) is 1.79. The molecule has 1 N–H and O–H groups in total. The largest absolute Gasteiger partial charge is 0.479 e. The summed E-state index contributed by atoms with van der Waals surface area (Å²) in [5, 5.41) is 9.73. The highest BCUT2D eigenvalue weighted by molar-refractivity contribution is 6.30. The van der Waals surface area contributed by atoms with E-state index in [4.69, 9.17) is 16.3 Å². The van der Waals surface area contributed by atoms with Crippen LogP contribution in [0.5, 0.6) is 0 Å². The first-order valence-corrected chi connectivity index (χ1v) is 5.73. The van der Waals surface area contributed by atoms with Crippen molar-refractivity contribution in [2.45, 2.75) is 19.0 Å². The van der Waals surface area contributed by atoms with Gasteiger partial charge < -0.3 is 9.84 Å². The van der Waals surface area contributed by atoms with Gasteiger partial charge in [-0.25, -0.2) is 9.59 Å². The predicted molar refractivity (Wildman–Crippen MR) is 64.4 cm³/mol. The number of ether oxygens (including phenoxy) is 1. The van der Waals surface area contributed by atoms with Gasteiger partial charge in [0.2, 0.25) is 0 Å². The van der Waals surface area contributed by atoms with Gasteiger partial charge in [0.1, 0.15) is 6.61 Å². The third kappa shape index (κ3) is 2.13. The lowest BCUT2D eigenvalue weighted by Crippen LogP contribution is -2.50. The minimum absolute atomic E-state index is 0.151. The van der Waals surface area contributed by atoms with E-state index in [1.54, 1.807) is 24.3 Å². The Bertz CT molecular complexity index is 505. The number of cyclic esters (lactones) is 1. The van der Waals surface area contributed by atoms with Gasteiger partial charge in [0.25, 0.3) is 0 Å². The Hall–Kier alpha value is -1.75. The molecule has 1 aliphatic rings. The first kappa shape index (κ1) is 12.7. The summed E-state index contributed by atoms with van der Waals surface area (Å²) in [5.74, 6) is -1.09. The molecular formula is C12H12ClNO4. The second-order valence-electron chi connectivity index (χ2n) is 4.35. The summed E-state index contributed by atoms with van der Waals surface area (Å²) >= 11 is 5.85. The second-order valence-corrected chi connectivity index (χ2v) is 4.79. The van der Waals surface area contributed by atoms with Crippen molar-refractivity contribution in [1.29, 1.82) is 0 Å². The van der Waals surface area contributed by atoms with Crippen LogP contribution in [0.25, 0.3) is 0 Å². The molecule has 1 heterocycles. The van der Waals surface area contributed by atoms with E-state index in [0.29, 0.717) is 5.02 Å². The molecule has 1 atom stereocenters. The Labute approximate surface area is 109 Å². The van der Waals surface area contributed by atoms with Gasteiger partial charge in [-0.2, -0.15) is 0 Å². The van der Waals surface area contributed by atoms with E-state index in [1.165, 1.54) is 11.8 Å². The van der Waals surface area contributed by atoms with E-state index in [-0.39, 0.29) is 13.2 Å². The second kappa shape index (κ2) is 4.49. The molecule has 1 aromatic carbocycles. The molecule has 0 aliphatic carbocycles. The standard InChI is InChI=1S/C12H12ClNO4/c1-12(10(15)16)7-18-11(17)14(12)6-8-3-2-4-9(13)5-8/h2-5H,6-7H2,1H3,(H,15,16). The van der Waals surface area contributed by atoms with Crippen LogP contribution in [0.1, 0.15) is 12.5 Å². The van der Waals surface area contributed by atoms with Gasteiger partial charge in [0.15, 0.2) is 5.54 Å². The van der Waals surface area contributed by atoms with E-state index in [1.807, 2.05) is 0 Å². The van der Waals surface area contributed by atoms with Crippen LogP contribution >= 0.6 is 11.6 Å². The number of carboxylic acids is 1. The van der Waals surface area contributed by atoms with Gasteiger partial charge >= 0.3 is 12.1 Å². The molecule has 1 amide bonds. The van der Waals surface area contributed by atoms with E-state index in [0.717, 1.165) is 5.56 Å². The summed E-state index contributed by atoms with van der Waals surface area (Å²) in [7, 11) is 0. The summed E-state index contributed by atoms with van der Waals surface area (Å²) < 4.78 is 4.82. The average molecular weight is 270 g/mol. The van der Waals surface area contributed by atoms with Crippen molar-refractivity contribution in [2.75, 3.05) is 6.61 Å². The van der Waals surface area contributed by atoms with Crippen molar-refractivity contribution in [3.8, 4) is 0 Å². The fraction of sp³-hybridized carbons (Fsp3) is 0.333. The van der Waals surface area contributed by atoms with Crippen LogP contribution in [0.15, 0.2) is 24.3 Å². The molecule has 0 aromatic heterocycles. The summed E-state index contributed by atoms with van der Waals surface area (Å²) in [4.78, 5) is 24.0. The van der Waals surface area contributed by atoms with Crippen LogP contribution in [-0.4, -0.2) is 34.2 Å². The average Bonchev–Trinajstić information content (AvgIpc) is 2.59. The van der Waals surface area contributed by atoms with Gasteiger partial charge in [-0.05, 0) is 24.6 Å². The molecule has 6 heteroatoms. The molecule has 18 heavy (non-hydrogen) atoms. The van der Waals surface area contributed by atoms with E-state index < -0.39 is 17.6 Å². The Morgan fingerprint density at radius 1 is 1.61 bits per heavy atom. The molecule has 0 bridgehead atoms. The molecule has 1 unspecified atom stereocenters. The van der Waals surface area contributed by atoms with Crippen LogP contribution in [0.3, 0.4) is 0 Å². The quantitative estimate of drug-likeness (QED) is 0.913. The maximum Gasteiger partial charge on any atom is 0.411 e. The van der Waals surface area contributed by atoms with Crippen molar-refractivity contribution in [1.82, 2.24) is 4.90 Å². The van der Waals surface area contributed by atoms with Gasteiger partial charge in [0, 0.05) is 5.02 Å². The number of aliphatic carboxylic acids is 1. The monoisotopic (exact) mass is 269 g/mol. The highest BCUT2D eigenvalue weighted by Crippen LogP contribution is 2.27. The molecule has 1 saturated heterocycles. The highest BCUT2D eigenvalue weighted by Gasteiger charge is 2.49. The van der Waals surface area contributed by atoms with Crippen LogP contribution in [0, 0.1) is 0 Å². The minimum Gasteiger partial charge on any atom is -0.479 e. The minimum atomic E-state index is -1.33. The Morgan fingerprint density at radius 2 is 2.33 bits per heavy atom. The third-order valence-electron chi connectivity index (χ3n) is 2.98. The van der Waals surface area contributed by atoms with Crippen molar-refractivity contribution in [3.05, 3.63) is 34.9 Å². The molecule has 96 valence electrons. The maximum absolute atomic E-state index is 11.6.